The molecule has 3 N–H and O–H groups in total. The van der Waals surface area contributed by atoms with E-state index in [-0.39, 0.29) is 5.91 Å². The summed E-state index contributed by atoms with van der Waals surface area (Å²) < 4.78 is 0.871. The number of carbonyl (C=O) groups excluding carboxylic acids is 1. The van der Waals surface area contributed by atoms with Gasteiger partial charge in [-0.3, -0.25) is 4.79 Å². The lowest BCUT2D eigenvalue weighted by molar-refractivity contribution is -0.117. The lowest BCUT2D eigenvalue weighted by atomic mass is 10.1. The molecule has 0 aliphatic carbocycles. The molecule has 16 heavy (non-hydrogen) atoms. The fourth-order valence-corrected chi connectivity index (χ4v) is 1.75. The van der Waals surface area contributed by atoms with Gasteiger partial charge in [0.1, 0.15) is 0 Å². The van der Waals surface area contributed by atoms with E-state index in [1.54, 1.807) is 0 Å². The molecule has 1 aromatic carbocycles. The third-order valence-corrected chi connectivity index (χ3v) is 3.01. The number of nitrogens with one attached hydrogen (secondary N) is 1. The number of carbonyl (C=O) groups is 1. The van der Waals surface area contributed by atoms with Crippen molar-refractivity contribution >= 4 is 27.5 Å². The van der Waals surface area contributed by atoms with Gasteiger partial charge in [-0.1, -0.05) is 19.4 Å². The van der Waals surface area contributed by atoms with E-state index < -0.39 is 6.04 Å². The molecule has 1 aromatic rings. The van der Waals surface area contributed by atoms with Crippen LogP contribution in [0.3, 0.4) is 0 Å². The Morgan fingerprint density at radius 2 is 2.25 bits per heavy atom. The molecular formula is C12H17BrN2O. The molecule has 0 saturated heterocycles. The Hall–Kier alpha value is -0.870. The molecule has 0 radical (unpaired) electrons. The van der Waals surface area contributed by atoms with Gasteiger partial charge in [0.25, 0.3) is 0 Å². The summed E-state index contributed by atoms with van der Waals surface area (Å²) in [4.78, 5) is 11.7. The number of nitrogens with two attached hydrogens (primary N) is 1. The van der Waals surface area contributed by atoms with Gasteiger partial charge in [-0.25, -0.2) is 0 Å². The number of hydrogen-bond acceptors (Lipinski definition) is 2. The van der Waals surface area contributed by atoms with E-state index in [1.807, 2.05) is 32.0 Å². The van der Waals surface area contributed by atoms with Gasteiger partial charge in [0.2, 0.25) is 5.91 Å². The molecule has 0 heterocycles. The van der Waals surface area contributed by atoms with Crippen LogP contribution in [0.15, 0.2) is 22.7 Å². The van der Waals surface area contributed by atoms with Gasteiger partial charge in [0.15, 0.2) is 0 Å². The minimum Gasteiger partial charge on any atom is -0.324 e. The minimum absolute atomic E-state index is 0.131. The maximum atomic E-state index is 11.7. The summed E-state index contributed by atoms with van der Waals surface area (Å²) in [6.07, 6.45) is 1.61. The monoisotopic (exact) mass is 284 g/mol. The lowest BCUT2D eigenvalue weighted by Crippen LogP contribution is -2.35. The maximum Gasteiger partial charge on any atom is 0.241 e. The summed E-state index contributed by atoms with van der Waals surface area (Å²) in [5.74, 6) is -0.131. The van der Waals surface area contributed by atoms with Gasteiger partial charge in [0.05, 0.1) is 11.7 Å². The molecule has 0 fully saturated rings. The van der Waals surface area contributed by atoms with Crippen LogP contribution in [0.1, 0.15) is 25.3 Å². The molecule has 0 bridgehead atoms. The van der Waals surface area contributed by atoms with Crippen molar-refractivity contribution in [2.75, 3.05) is 5.32 Å². The quantitative estimate of drug-likeness (QED) is 0.893. The average molecular weight is 285 g/mol. The molecule has 0 unspecified atom stereocenters. The van der Waals surface area contributed by atoms with Crippen LogP contribution in [-0.2, 0) is 4.79 Å². The van der Waals surface area contributed by atoms with Crippen molar-refractivity contribution in [3.05, 3.63) is 28.2 Å². The van der Waals surface area contributed by atoms with Gasteiger partial charge >= 0.3 is 0 Å². The molecule has 3 nitrogen and oxygen atoms in total. The summed E-state index contributed by atoms with van der Waals surface area (Å²) in [6.45, 7) is 3.99. The molecule has 1 atom stereocenters. The molecule has 1 amide bonds. The van der Waals surface area contributed by atoms with E-state index in [4.69, 9.17) is 5.73 Å². The molecule has 1 rings (SSSR count). The van der Waals surface area contributed by atoms with Crippen molar-refractivity contribution in [2.45, 2.75) is 32.7 Å². The lowest BCUT2D eigenvalue weighted by Gasteiger charge is -2.12. The number of halogens is 1. The highest BCUT2D eigenvalue weighted by Gasteiger charge is 2.13. The number of amides is 1. The number of benzene rings is 1. The molecule has 0 aliphatic rings. The van der Waals surface area contributed by atoms with Crippen LogP contribution in [0.5, 0.6) is 0 Å². The first-order valence-corrected chi connectivity index (χ1v) is 6.16. The number of hydrogen-bond donors (Lipinski definition) is 2. The summed E-state index contributed by atoms with van der Waals surface area (Å²) in [7, 11) is 0. The topological polar surface area (TPSA) is 55.1 Å². The van der Waals surface area contributed by atoms with Crippen LogP contribution >= 0.6 is 15.9 Å². The van der Waals surface area contributed by atoms with Gasteiger partial charge in [0, 0.05) is 4.47 Å². The standard InChI is InChI=1S/C12H17BrN2O/c1-3-4-10(14)12(16)15-11-7-8(2)5-6-9(11)13/h5-7,10H,3-4,14H2,1-2H3,(H,15,16)/t10-/m0/s1. The van der Waals surface area contributed by atoms with E-state index in [9.17, 15) is 4.79 Å². The van der Waals surface area contributed by atoms with Crippen molar-refractivity contribution in [1.82, 2.24) is 0 Å². The van der Waals surface area contributed by atoms with E-state index in [0.717, 1.165) is 22.1 Å². The molecule has 0 saturated carbocycles. The first-order chi connectivity index (χ1) is 7.54. The van der Waals surface area contributed by atoms with Crippen LogP contribution in [-0.4, -0.2) is 11.9 Å². The zero-order valence-electron chi connectivity index (χ0n) is 9.59. The zero-order valence-corrected chi connectivity index (χ0v) is 11.2. The van der Waals surface area contributed by atoms with E-state index in [2.05, 4.69) is 21.2 Å². The van der Waals surface area contributed by atoms with E-state index in [1.165, 1.54) is 0 Å². The van der Waals surface area contributed by atoms with Crippen LogP contribution in [0, 0.1) is 6.92 Å². The van der Waals surface area contributed by atoms with E-state index >= 15 is 0 Å². The van der Waals surface area contributed by atoms with Crippen molar-refractivity contribution in [2.24, 2.45) is 5.73 Å². The Morgan fingerprint density at radius 3 is 2.88 bits per heavy atom. The Balaban J connectivity index is 2.72. The molecule has 88 valence electrons. The summed E-state index contributed by atoms with van der Waals surface area (Å²) in [5.41, 5.74) is 7.61. The van der Waals surface area contributed by atoms with Crippen LogP contribution in [0.25, 0.3) is 0 Å². The summed E-state index contributed by atoms with van der Waals surface area (Å²) >= 11 is 3.39. The second-order valence-electron chi connectivity index (χ2n) is 3.87. The number of anilines is 1. The SMILES string of the molecule is CCC[C@H](N)C(=O)Nc1cc(C)ccc1Br. The van der Waals surface area contributed by atoms with Crippen molar-refractivity contribution < 1.29 is 4.79 Å². The third-order valence-electron chi connectivity index (χ3n) is 2.32. The highest BCUT2D eigenvalue weighted by atomic mass is 79.9. The van der Waals surface area contributed by atoms with Crippen molar-refractivity contribution in [3.8, 4) is 0 Å². The Bertz CT molecular complexity index is 379. The molecule has 0 spiro atoms. The first kappa shape index (κ1) is 13.2. The minimum atomic E-state index is -0.433. The molecule has 0 aromatic heterocycles. The summed E-state index contributed by atoms with van der Waals surface area (Å²) in [5, 5.41) is 2.82. The van der Waals surface area contributed by atoms with E-state index in [0.29, 0.717) is 6.42 Å². The van der Waals surface area contributed by atoms with Crippen molar-refractivity contribution in [3.63, 3.8) is 0 Å². The highest BCUT2D eigenvalue weighted by Crippen LogP contribution is 2.23. The molecular weight excluding hydrogens is 268 g/mol. The summed E-state index contributed by atoms with van der Waals surface area (Å²) in [6, 6.07) is 5.38. The number of aryl methyl sites for hydroxylation is 1. The molecule has 0 aliphatic heterocycles. The third kappa shape index (κ3) is 3.61. The fourth-order valence-electron chi connectivity index (χ4n) is 1.40. The molecule has 4 heteroatoms. The second kappa shape index (κ2) is 6.01. The smallest absolute Gasteiger partial charge is 0.241 e. The highest BCUT2D eigenvalue weighted by molar-refractivity contribution is 9.10. The van der Waals surface area contributed by atoms with Gasteiger partial charge in [-0.05, 0) is 47.0 Å². The van der Waals surface area contributed by atoms with Gasteiger partial charge in [-0.15, -0.1) is 0 Å². The van der Waals surface area contributed by atoms with Crippen LogP contribution in [0.4, 0.5) is 5.69 Å². The maximum absolute atomic E-state index is 11.7. The Kier molecular flexibility index (Phi) is 4.96. The van der Waals surface area contributed by atoms with Gasteiger partial charge < -0.3 is 11.1 Å². The van der Waals surface area contributed by atoms with Crippen molar-refractivity contribution in [1.29, 1.82) is 0 Å². The number of rotatable bonds is 4. The van der Waals surface area contributed by atoms with Crippen LogP contribution in [0.2, 0.25) is 0 Å². The predicted molar refractivity (Wildman–Crippen MR) is 70.4 cm³/mol. The Morgan fingerprint density at radius 1 is 1.56 bits per heavy atom. The largest absolute Gasteiger partial charge is 0.324 e. The first-order valence-electron chi connectivity index (χ1n) is 5.37. The fraction of sp³-hybridized carbons (Fsp3) is 0.417. The zero-order chi connectivity index (χ0) is 12.1. The second-order valence-corrected chi connectivity index (χ2v) is 4.72. The Labute approximate surface area is 105 Å². The van der Waals surface area contributed by atoms with Gasteiger partial charge in [-0.2, -0.15) is 0 Å². The normalized spacial score (nSPS) is 12.2. The predicted octanol–water partition coefficient (Wildman–Crippen LogP) is 2.82. The average Bonchev–Trinajstić information content (AvgIpc) is 2.23. The van der Waals surface area contributed by atoms with Crippen LogP contribution < -0.4 is 11.1 Å².